The molecule has 0 bridgehead atoms. The van der Waals surface area contributed by atoms with Gasteiger partial charge in [-0.3, -0.25) is 0 Å². The number of allylic oxidation sites excluding steroid dienone is 2. The second-order valence-electron chi connectivity index (χ2n) is 2.39. The van der Waals surface area contributed by atoms with Gasteiger partial charge in [0.25, 0.3) is 0 Å². The number of aliphatic imine (C=N–C) groups is 1. The molecule has 1 saturated heterocycles. The van der Waals surface area contributed by atoms with Crippen LogP contribution in [0.4, 0.5) is 0 Å². The highest BCUT2D eigenvalue weighted by molar-refractivity contribution is 8.14. The Hall–Kier alpha value is -0.700. The lowest BCUT2D eigenvalue weighted by atomic mass is 10.4. The molecule has 0 aromatic carbocycles. The van der Waals surface area contributed by atoms with Crippen LogP contribution in [-0.4, -0.2) is 17.3 Å². The molecule has 1 rings (SSSR count). The number of nitrogens with zero attached hydrogens (tertiary/aromatic N) is 1. The summed E-state index contributed by atoms with van der Waals surface area (Å²) in [6, 6.07) is 0. The van der Waals surface area contributed by atoms with E-state index >= 15 is 0 Å². The average Bonchev–Trinajstić information content (AvgIpc) is 2.15. The van der Waals surface area contributed by atoms with Crippen LogP contribution in [0.25, 0.3) is 0 Å². The summed E-state index contributed by atoms with van der Waals surface area (Å²) in [5.41, 5.74) is 1.16. The van der Waals surface area contributed by atoms with Gasteiger partial charge in [0.05, 0.1) is 5.70 Å². The molecule has 0 spiro atoms. The molecule has 0 aliphatic carbocycles. The van der Waals surface area contributed by atoms with Gasteiger partial charge in [0.1, 0.15) is 5.04 Å². The third-order valence-corrected chi connectivity index (χ3v) is 2.52. The molecule has 12 heavy (non-hydrogen) atoms. The Balaban J connectivity index is 2.71. The van der Waals surface area contributed by atoms with Crippen LogP contribution in [-0.2, 0) is 0 Å². The van der Waals surface area contributed by atoms with E-state index in [4.69, 9.17) is 0 Å². The molecule has 1 heterocycles. The van der Waals surface area contributed by atoms with Crippen LogP contribution >= 0.6 is 11.8 Å². The molecule has 0 atom stereocenters. The summed E-state index contributed by atoms with van der Waals surface area (Å²) in [5.74, 6) is 1.10. The first-order valence-corrected chi connectivity index (χ1v) is 5.09. The largest absolute Gasteiger partial charge is 0.382 e. The van der Waals surface area contributed by atoms with E-state index in [-0.39, 0.29) is 0 Å². The molecule has 3 heteroatoms. The third-order valence-electron chi connectivity index (χ3n) is 1.52. The van der Waals surface area contributed by atoms with Gasteiger partial charge in [-0.1, -0.05) is 12.2 Å². The van der Waals surface area contributed by atoms with Crippen molar-refractivity contribution in [2.24, 2.45) is 4.99 Å². The Morgan fingerprint density at radius 3 is 3.00 bits per heavy atom. The van der Waals surface area contributed by atoms with Crippen LogP contribution in [0.15, 0.2) is 29.0 Å². The molecule has 2 nitrogen and oxygen atoms in total. The molecule has 0 saturated carbocycles. The van der Waals surface area contributed by atoms with Crippen LogP contribution in [0, 0.1) is 0 Å². The van der Waals surface area contributed by atoms with Crippen LogP contribution in [0.2, 0.25) is 0 Å². The predicted octanol–water partition coefficient (Wildman–Crippen LogP) is 2.16. The summed E-state index contributed by atoms with van der Waals surface area (Å²) in [7, 11) is 0. The van der Waals surface area contributed by atoms with E-state index in [2.05, 4.69) is 16.4 Å². The van der Waals surface area contributed by atoms with Crippen LogP contribution < -0.4 is 5.32 Å². The maximum Gasteiger partial charge on any atom is 0.119 e. The molecule has 0 radical (unpaired) electrons. The van der Waals surface area contributed by atoms with Gasteiger partial charge in [-0.05, 0) is 13.8 Å². The van der Waals surface area contributed by atoms with Crippen LogP contribution in [0.3, 0.4) is 0 Å². The molecule has 1 N–H and O–H groups in total. The monoisotopic (exact) mass is 182 g/mol. The van der Waals surface area contributed by atoms with Crippen molar-refractivity contribution < 1.29 is 0 Å². The van der Waals surface area contributed by atoms with E-state index in [1.807, 2.05) is 26.1 Å². The van der Waals surface area contributed by atoms with Gasteiger partial charge in [-0.15, -0.1) is 11.8 Å². The normalized spacial score (nSPS) is 25.2. The van der Waals surface area contributed by atoms with Crippen LogP contribution in [0.1, 0.15) is 13.8 Å². The Morgan fingerprint density at radius 2 is 2.33 bits per heavy atom. The van der Waals surface area contributed by atoms with E-state index in [9.17, 15) is 0 Å². The first-order valence-electron chi connectivity index (χ1n) is 4.10. The van der Waals surface area contributed by atoms with Gasteiger partial charge in [-0.2, -0.15) is 0 Å². The molecule has 0 unspecified atom stereocenters. The maximum absolute atomic E-state index is 4.32. The lowest BCUT2D eigenvalue weighted by Gasteiger charge is -2.17. The van der Waals surface area contributed by atoms with Crippen molar-refractivity contribution in [3.63, 3.8) is 0 Å². The topological polar surface area (TPSA) is 24.4 Å². The van der Waals surface area contributed by atoms with Crippen molar-refractivity contribution in [3.8, 4) is 0 Å². The minimum absolute atomic E-state index is 1.04. The number of hydrogen-bond acceptors (Lipinski definition) is 3. The summed E-state index contributed by atoms with van der Waals surface area (Å²) < 4.78 is 0. The molecule has 0 aromatic heterocycles. The van der Waals surface area contributed by atoms with E-state index in [0.29, 0.717) is 0 Å². The van der Waals surface area contributed by atoms with Gasteiger partial charge < -0.3 is 5.32 Å². The standard InChI is InChI=1S/C9H14N2S/c1-3-5-11-9-8(4-2)10-6-7-12-9/h3-5,10H,6-7H2,1-2H3/b5-3-,8-4+,11-9+. The van der Waals surface area contributed by atoms with Gasteiger partial charge >= 0.3 is 0 Å². The van der Waals surface area contributed by atoms with Gasteiger partial charge in [0.15, 0.2) is 0 Å². The lowest BCUT2D eigenvalue weighted by Crippen LogP contribution is -2.27. The number of nitrogens with one attached hydrogen (secondary N) is 1. The Kier molecular flexibility index (Phi) is 3.94. The van der Waals surface area contributed by atoms with E-state index in [0.717, 1.165) is 23.0 Å². The van der Waals surface area contributed by atoms with Crippen molar-refractivity contribution in [2.45, 2.75) is 13.8 Å². The van der Waals surface area contributed by atoms with Crippen molar-refractivity contribution in [2.75, 3.05) is 12.3 Å². The average molecular weight is 182 g/mol. The lowest BCUT2D eigenvalue weighted by molar-refractivity contribution is 0.892. The second kappa shape index (κ2) is 5.04. The third kappa shape index (κ3) is 2.41. The van der Waals surface area contributed by atoms with Crippen molar-refractivity contribution in [3.05, 3.63) is 24.0 Å². The van der Waals surface area contributed by atoms with E-state index < -0.39 is 0 Å². The molecule has 66 valence electrons. The number of rotatable bonds is 1. The predicted molar refractivity (Wildman–Crippen MR) is 56.5 cm³/mol. The van der Waals surface area contributed by atoms with E-state index in [1.165, 1.54) is 0 Å². The summed E-state index contributed by atoms with van der Waals surface area (Å²) in [6.07, 6.45) is 5.84. The highest BCUT2D eigenvalue weighted by Gasteiger charge is 2.10. The summed E-state index contributed by atoms with van der Waals surface area (Å²) in [6.45, 7) is 5.04. The second-order valence-corrected chi connectivity index (χ2v) is 3.48. The Bertz CT molecular complexity index is 229. The Labute approximate surface area is 77.8 Å². The highest BCUT2D eigenvalue weighted by atomic mass is 32.2. The Morgan fingerprint density at radius 1 is 1.50 bits per heavy atom. The fourth-order valence-corrected chi connectivity index (χ4v) is 1.84. The first kappa shape index (κ1) is 9.39. The van der Waals surface area contributed by atoms with Crippen molar-refractivity contribution >= 4 is 16.8 Å². The highest BCUT2D eigenvalue weighted by Crippen LogP contribution is 2.15. The molecule has 1 fully saturated rings. The summed E-state index contributed by atoms with van der Waals surface area (Å²) in [5, 5.41) is 4.40. The molecule has 1 aliphatic rings. The van der Waals surface area contributed by atoms with Gasteiger partial charge in [-0.25, -0.2) is 4.99 Å². The fourth-order valence-electron chi connectivity index (χ4n) is 0.961. The quantitative estimate of drug-likeness (QED) is 0.672. The van der Waals surface area contributed by atoms with Gasteiger partial charge in [0.2, 0.25) is 0 Å². The smallest absolute Gasteiger partial charge is 0.119 e. The summed E-state index contributed by atoms with van der Waals surface area (Å²) in [4.78, 5) is 4.32. The number of thioether (sulfide) groups is 1. The molecular formula is C9H14N2S. The van der Waals surface area contributed by atoms with Crippen molar-refractivity contribution in [1.29, 1.82) is 0 Å². The zero-order valence-electron chi connectivity index (χ0n) is 7.50. The minimum atomic E-state index is 1.04. The SMILES string of the molecule is C\C=C/N=C1/SCCN/C1=C/C. The van der Waals surface area contributed by atoms with Gasteiger partial charge in [0, 0.05) is 18.5 Å². The molecule has 0 amide bonds. The maximum atomic E-state index is 4.32. The zero-order valence-corrected chi connectivity index (χ0v) is 8.32. The fraction of sp³-hybridized carbons (Fsp3) is 0.444. The molecule has 0 aromatic rings. The summed E-state index contributed by atoms with van der Waals surface area (Å²) >= 11 is 1.80. The molecule has 1 aliphatic heterocycles. The minimum Gasteiger partial charge on any atom is -0.382 e. The number of hydrogen-bond donors (Lipinski definition) is 1. The van der Waals surface area contributed by atoms with Crippen molar-refractivity contribution in [1.82, 2.24) is 5.32 Å². The van der Waals surface area contributed by atoms with Crippen LogP contribution in [0.5, 0.6) is 0 Å². The van der Waals surface area contributed by atoms with E-state index in [1.54, 1.807) is 11.8 Å². The first-order chi connectivity index (χ1) is 5.88. The zero-order chi connectivity index (χ0) is 8.81. The molecular weight excluding hydrogens is 168 g/mol.